The summed E-state index contributed by atoms with van der Waals surface area (Å²) in [4.78, 5) is 4.65. The number of fused-ring (bicyclic) bond motifs is 3. The number of aromatic nitrogens is 2. The minimum Gasteiger partial charge on any atom is -0.300 e. The Morgan fingerprint density at radius 2 is 1.74 bits per heavy atom. The van der Waals surface area contributed by atoms with Crippen molar-refractivity contribution < 1.29 is 0 Å². The minimum atomic E-state index is 0.658. The zero-order chi connectivity index (χ0) is 12.7. The number of imidazole rings is 1. The summed E-state index contributed by atoms with van der Waals surface area (Å²) in [6.07, 6.45) is 0. The van der Waals surface area contributed by atoms with Gasteiger partial charge in [-0.25, -0.2) is 4.98 Å². The van der Waals surface area contributed by atoms with E-state index in [-0.39, 0.29) is 0 Å². The molecule has 1 aromatic heterocycles. The number of hydrazone groups is 1. The third-order valence-electron chi connectivity index (χ3n) is 3.30. The Morgan fingerprint density at radius 1 is 0.947 bits per heavy atom. The molecule has 0 aliphatic carbocycles. The van der Waals surface area contributed by atoms with Crippen molar-refractivity contribution in [3.8, 4) is 0 Å². The van der Waals surface area contributed by atoms with Gasteiger partial charge in [-0.15, -0.1) is 0 Å². The van der Waals surface area contributed by atoms with Crippen LogP contribution in [0.3, 0.4) is 0 Å². The van der Waals surface area contributed by atoms with E-state index in [0.29, 0.717) is 6.54 Å². The number of rotatable bonds is 1. The Morgan fingerprint density at radius 3 is 2.63 bits per heavy atom. The molecular weight excluding hydrogens is 236 g/mol. The van der Waals surface area contributed by atoms with Crippen LogP contribution in [0.1, 0.15) is 11.4 Å². The molecule has 0 amide bonds. The summed E-state index contributed by atoms with van der Waals surface area (Å²) >= 11 is 0. The van der Waals surface area contributed by atoms with Crippen LogP contribution in [0.4, 0.5) is 0 Å². The molecule has 1 aliphatic heterocycles. The molecule has 4 nitrogen and oxygen atoms in total. The molecule has 0 unspecified atom stereocenters. The van der Waals surface area contributed by atoms with Gasteiger partial charge in [0.2, 0.25) is 0 Å². The molecule has 92 valence electrons. The normalized spacial score (nSPS) is 13.8. The molecule has 1 N–H and O–H groups in total. The van der Waals surface area contributed by atoms with Crippen LogP contribution in [0, 0.1) is 0 Å². The third-order valence-corrected chi connectivity index (χ3v) is 3.30. The van der Waals surface area contributed by atoms with Gasteiger partial charge >= 0.3 is 0 Å². The lowest BCUT2D eigenvalue weighted by molar-refractivity contribution is 0.668. The number of para-hydroxylation sites is 2. The fourth-order valence-electron chi connectivity index (χ4n) is 2.45. The molecule has 3 aromatic rings. The lowest BCUT2D eigenvalue weighted by atomic mass is 10.2. The van der Waals surface area contributed by atoms with Crippen molar-refractivity contribution in [2.75, 3.05) is 0 Å². The number of benzene rings is 2. The molecule has 0 saturated carbocycles. The standard InChI is InChI=1S/C15H12N4/c1-2-6-11(7-3-1)15-18-16-10-14-17-12-8-4-5-9-13(12)19(14)15/h1-9,16H,10H2. The van der Waals surface area contributed by atoms with Crippen molar-refractivity contribution >= 4 is 16.9 Å². The van der Waals surface area contributed by atoms with Gasteiger partial charge in [-0.3, -0.25) is 4.57 Å². The molecule has 0 bridgehead atoms. The molecule has 0 saturated heterocycles. The maximum absolute atomic E-state index is 4.65. The van der Waals surface area contributed by atoms with Gasteiger partial charge in [0.05, 0.1) is 17.6 Å². The number of hydrogen-bond acceptors (Lipinski definition) is 3. The van der Waals surface area contributed by atoms with Gasteiger partial charge in [-0.2, -0.15) is 5.10 Å². The smallest absolute Gasteiger partial charge is 0.165 e. The monoisotopic (exact) mass is 248 g/mol. The Hall–Kier alpha value is -2.62. The van der Waals surface area contributed by atoms with Crippen LogP contribution in [-0.2, 0) is 6.54 Å². The molecule has 19 heavy (non-hydrogen) atoms. The Kier molecular flexibility index (Phi) is 2.14. The molecule has 0 spiro atoms. The molecular formula is C15H12N4. The quantitative estimate of drug-likeness (QED) is 0.718. The van der Waals surface area contributed by atoms with E-state index >= 15 is 0 Å². The summed E-state index contributed by atoms with van der Waals surface area (Å²) in [6.45, 7) is 0.658. The van der Waals surface area contributed by atoms with E-state index in [1.165, 1.54) is 0 Å². The topological polar surface area (TPSA) is 42.2 Å². The predicted octanol–water partition coefficient (Wildman–Crippen LogP) is 2.35. The van der Waals surface area contributed by atoms with Gasteiger partial charge in [-0.1, -0.05) is 42.5 Å². The first kappa shape index (κ1) is 10.3. The molecule has 4 heteroatoms. The van der Waals surface area contributed by atoms with E-state index < -0.39 is 0 Å². The van der Waals surface area contributed by atoms with E-state index in [2.05, 4.69) is 38.3 Å². The van der Waals surface area contributed by atoms with Crippen molar-refractivity contribution in [3.05, 3.63) is 66.0 Å². The van der Waals surface area contributed by atoms with Crippen LogP contribution in [0.15, 0.2) is 59.7 Å². The molecule has 4 rings (SSSR count). The summed E-state index contributed by atoms with van der Waals surface area (Å²) in [6, 6.07) is 18.3. The van der Waals surface area contributed by atoms with Gasteiger partial charge in [0.15, 0.2) is 5.84 Å². The van der Waals surface area contributed by atoms with Gasteiger partial charge < -0.3 is 5.43 Å². The van der Waals surface area contributed by atoms with Crippen molar-refractivity contribution in [1.82, 2.24) is 15.0 Å². The highest BCUT2D eigenvalue weighted by molar-refractivity contribution is 6.05. The van der Waals surface area contributed by atoms with E-state index in [4.69, 9.17) is 0 Å². The van der Waals surface area contributed by atoms with Gasteiger partial charge in [0.25, 0.3) is 0 Å². The van der Waals surface area contributed by atoms with Crippen LogP contribution >= 0.6 is 0 Å². The highest BCUT2D eigenvalue weighted by atomic mass is 15.4. The van der Waals surface area contributed by atoms with E-state index in [0.717, 1.165) is 28.3 Å². The largest absolute Gasteiger partial charge is 0.300 e. The average molecular weight is 248 g/mol. The van der Waals surface area contributed by atoms with Crippen molar-refractivity contribution in [2.24, 2.45) is 5.10 Å². The van der Waals surface area contributed by atoms with Crippen molar-refractivity contribution in [3.63, 3.8) is 0 Å². The zero-order valence-electron chi connectivity index (χ0n) is 10.2. The van der Waals surface area contributed by atoms with Crippen LogP contribution in [0.2, 0.25) is 0 Å². The summed E-state index contributed by atoms with van der Waals surface area (Å²) in [7, 11) is 0. The SMILES string of the molecule is c1ccc(C2=NNCc3nc4ccccc4n32)cc1. The molecule has 1 aliphatic rings. The van der Waals surface area contributed by atoms with Crippen molar-refractivity contribution in [2.45, 2.75) is 6.54 Å². The van der Waals surface area contributed by atoms with Crippen LogP contribution < -0.4 is 5.43 Å². The lowest BCUT2D eigenvalue weighted by Crippen LogP contribution is -2.27. The van der Waals surface area contributed by atoms with Crippen LogP contribution in [0.25, 0.3) is 11.0 Å². The summed E-state index contributed by atoms with van der Waals surface area (Å²) in [5.74, 6) is 1.89. The number of nitrogens with one attached hydrogen (secondary N) is 1. The van der Waals surface area contributed by atoms with E-state index in [9.17, 15) is 0 Å². The van der Waals surface area contributed by atoms with Crippen molar-refractivity contribution in [1.29, 1.82) is 0 Å². The highest BCUT2D eigenvalue weighted by Gasteiger charge is 2.19. The maximum Gasteiger partial charge on any atom is 0.165 e. The van der Waals surface area contributed by atoms with E-state index in [1.54, 1.807) is 0 Å². The summed E-state index contributed by atoms with van der Waals surface area (Å²) in [5.41, 5.74) is 6.24. The molecule has 0 radical (unpaired) electrons. The zero-order valence-corrected chi connectivity index (χ0v) is 10.2. The Balaban J connectivity index is 2.00. The number of hydrogen-bond donors (Lipinski definition) is 1. The van der Waals surface area contributed by atoms with Gasteiger partial charge in [-0.05, 0) is 12.1 Å². The maximum atomic E-state index is 4.65. The first-order chi connectivity index (χ1) is 9.43. The second kappa shape index (κ2) is 3.95. The molecule has 0 fully saturated rings. The Labute approximate surface area is 110 Å². The highest BCUT2D eigenvalue weighted by Crippen LogP contribution is 2.20. The van der Waals surface area contributed by atoms with Gasteiger partial charge in [0, 0.05) is 5.56 Å². The van der Waals surface area contributed by atoms with Crippen LogP contribution in [0.5, 0.6) is 0 Å². The first-order valence-electron chi connectivity index (χ1n) is 6.26. The molecule has 0 atom stereocenters. The summed E-state index contributed by atoms with van der Waals surface area (Å²) < 4.78 is 2.13. The fraction of sp³-hybridized carbons (Fsp3) is 0.0667. The van der Waals surface area contributed by atoms with Gasteiger partial charge in [0.1, 0.15) is 5.82 Å². The van der Waals surface area contributed by atoms with Crippen LogP contribution in [-0.4, -0.2) is 15.4 Å². The minimum absolute atomic E-state index is 0.658. The fourth-order valence-corrected chi connectivity index (χ4v) is 2.45. The molecule has 2 aromatic carbocycles. The predicted molar refractivity (Wildman–Crippen MR) is 74.9 cm³/mol. The molecule has 2 heterocycles. The second-order valence-corrected chi connectivity index (χ2v) is 4.49. The lowest BCUT2D eigenvalue weighted by Gasteiger charge is -2.17. The average Bonchev–Trinajstić information content (AvgIpc) is 2.86. The second-order valence-electron chi connectivity index (χ2n) is 4.49. The first-order valence-corrected chi connectivity index (χ1v) is 6.26. The summed E-state index contributed by atoms with van der Waals surface area (Å²) in [5, 5.41) is 4.45. The Bertz CT molecular complexity index is 771. The third kappa shape index (κ3) is 1.53. The number of nitrogens with zero attached hydrogens (tertiary/aromatic N) is 3. The van der Waals surface area contributed by atoms with E-state index in [1.807, 2.05) is 36.4 Å².